The molecule has 0 aliphatic heterocycles. The Labute approximate surface area is 114 Å². The first-order valence-corrected chi connectivity index (χ1v) is 5.62. The Kier molecular flexibility index (Phi) is 5.01. The van der Waals surface area contributed by atoms with Crippen LogP contribution in [-0.2, 0) is 14.3 Å². The fraction of sp³-hybridized carbons (Fsp3) is 0.333. The van der Waals surface area contributed by atoms with Crippen LogP contribution in [0.1, 0.15) is 17.3 Å². The lowest BCUT2D eigenvalue weighted by Crippen LogP contribution is -2.28. The van der Waals surface area contributed by atoms with Crippen LogP contribution in [0.5, 0.6) is 0 Å². The molecule has 0 radical (unpaired) electrons. The number of methoxy groups -OCH3 is 2. The predicted octanol–water partition coefficient (Wildman–Crippen LogP) is 1.35. The van der Waals surface area contributed by atoms with E-state index in [0.29, 0.717) is 0 Å². The summed E-state index contributed by atoms with van der Waals surface area (Å²) >= 11 is 0. The van der Waals surface area contributed by atoms with Gasteiger partial charge < -0.3 is 14.8 Å². The van der Waals surface area contributed by atoms with Crippen molar-refractivity contribution in [2.45, 2.75) is 13.0 Å². The van der Waals surface area contributed by atoms with E-state index in [9.17, 15) is 19.7 Å². The molecule has 0 aliphatic rings. The van der Waals surface area contributed by atoms with Crippen molar-refractivity contribution < 1.29 is 24.0 Å². The average Bonchev–Trinajstić information content (AvgIpc) is 2.45. The topological polar surface area (TPSA) is 108 Å². The van der Waals surface area contributed by atoms with Gasteiger partial charge in [-0.1, -0.05) is 6.07 Å². The van der Waals surface area contributed by atoms with Crippen molar-refractivity contribution >= 4 is 23.3 Å². The van der Waals surface area contributed by atoms with Crippen LogP contribution in [0, 0.1) is 10.1 Å². The molecule has 0 unspecified atom stereocenters. The van der Waals surface area contributed by atoms with E-state index in [1.165, 1.54) is 32.2 Å². The highest BCUT2D eigenvalue weighted by Crippen LogP contribution is 2.29. The Morgan fingerprint density at radius 1 is 1.30 bits per heavy atom. The first-order chi connectivity index (χ1) is 9.42. The highest BCUT2D eigenvalue weighted by Gasteiger charge is 2.25. The fourth-order valence-electron chi connectivity index (χ4n) is 1.58. The van der Waals surface area contributed by atoms with Gasteiger partial charge in [0, 0.05) is 6.07 Å². The average molecular weight is 282 g/mol. The highest BCUT2D eigenvalue weighted by molar-refractivity contribution is 5.99. The molecule has 1 N–H and O–H groups in total. The molecule has 8 heteroatoms. The van der Waals surface area contributed by atoms with Crippen LogP contribution in [0.25, 0.3) is 0 Å². The van der Waals surface area contributed by atoms with Gasteiger partial charge in [-0.15, -0.1) is 0 Å². The number of carbonyl (C=O) groups is 2. The molecule has 0 bridgehead atoms. The number of nitro benzene ring substituents is 1. The summed E-state index contributed by atoms with van der Waals surface area (Å²) in [6.07, 6.45) is 0. The molecule has 0 fully saturated rings. The smallest absolute Gasteiger partial charge is 0.340 e. The summed E-state index contributed by atoms with van der Waals surface area (Å²) in [6.45, 7) is 1.46. The zero-order valence-corrected chi connectivity index (χ0v) is 11.2. The molecular weight excluding hydrogens is 268 g/mol. The van der Waals surface area contributed by atoms with Gasteiger partial charge in [0.2, 0.25) is 0 Å². The minimum atomic E-state index is -0.857. The summed E-state index contributed by atoms with van der Waals surface area (Å²) in [5.74, 6) is -1.35. The third-order valence-electron chi connectivity index (χ3n) is 2.56. The molecule has 8 nitrogen and oxygen atoms in total. The lowest BCUT2D eigenvalue weighted by Gasteiger charge is -2.15. The normalized spacial score (nSPS) is 11.3. The van der Waals surface area contributed by atoms with Gasteiger partial charge in [0.1, 0.15) is 11.7 Å². The number of rotatable bonds is 5. The summed E-state index contributed by atoms with van der Waals surface area (Å²) in [5, 5.41) is 13.6. The number of ether oxygens (including phenoxy) is 2. The van der Waals surface area contributed by atoms with Crippen LogP contribution in [0.2, 0.25) is 0 Å². The van der Waals surface area contributed by atoms with Crippen LogP contribution in [0.3, 0.4) is 0 Å². The molecule has 20 heavy (non-hydrogen) atoms. The summed E-state index contributed by atoms with van der Waals surface area (Å²) in [6, 6.07) is 3.09. The standard InChI is InChI=1S/C12H14N2O6/c1-7(11(15)19-2)13-10-8(12(16)20-3)5-4-6-9(10)14(17)18/h4-7,13H,1-3H3/t7-/m0/s1. The second kappa shape index (κ2) is 6.50. The van der Waals surface area contributed by atoms with E-state index >= 15 is 0 Å². The van der Waals surface area contributed by atoms with Gasteiger partial charge in [0.05, 0.1) is 24.7 Å². The molecule has 1 aromatic carbocycles. The maximum absolute atomic E-state index is 11.6. The zero-order chi connectivity index (χ0) is 15.3. The third-order valence-corrected chi connectivity index (χ3v) is 2.56. The molecular formula is C12H14N2O6. The van der Waals surface area contributed by atoms with Crippen molar-refractivity contribution in [3.05, 3.63) is 33.9 Å². The number of benzene rings is 1. The number of nitrogens with zero attached hydrogens (tertiary/aromatic N) is 1. The lowest BCUT2D eigenvalue weighted by atomic mass is 10.1. The minimum absolute atomic E-state index is 0.0301. The molecule has 0 spiro atoms. The Hall–Kier alpha value is -2.64. The van der Waals surface area contributed by atoms with Crippen LogP contribution < -0.4 is 5.32 Å². The number of esters is 2. The van der Waals surface area contributed by atoms with Crippen molar-refractivity contribution in [3.63, 3.8) is 0 Å². The van der Waals surface area contributed by atoms with Gasteiger partial charge in [-0.2, -0.15) is 0 Å². The number of nitrogens with one attached hydrogen (secondary N) is 1. The van der Waals surface area contributed by atoms with E-state index in [1.54, 1.807) is 0 Å². The molecule has 1 rings (SSSR count). The lowest BCUT2D eigenvalue weighted by molar-refractivity contribution is -0.384. The molecule has 1 aromatic rings. The Morgan fingerprint density at radius 3 is 2.45 bits per heavy atom. The Morgan fingerprint density at radius 2 is 1.95 bits per heavy atom. The molecule has 0 aromatic heterocycles. The van der Waals surface area contributed by atoms with Crippen LogP contribution >= 0.6 is 0 Å². The summed E-state index contributed by atoms with van der Waals surface area (Å²) in [4.78, 5) is 33.4. The Bertz CT molecular complexity index is 543. The van der Waals surface area contributed by atoms with E-state index in [1.807, 2.05) is 0 Å². The minimum Gasteiger partial charge on any atom is -0.467 e. The monoisotopic (exact) mass is 282 g/mol. The molecule has 108 valence electrons. The third kappa shape index (κ3) is 3.22. The van der Waals surface area contributed by atoms with Gasteiger partial charge >= 0.3 is 11.9 Å². The van der Waals surface area contributed by atoms with Gasteiger partial charge in [-0.25, -0.2) is 9.59 Å². The van der Waals surface area contributed by atoms with Crippen LogP contribution in [-0.4, -0.2) is 37.1 Å². The van der Waals surface area contributed by atoms with Crippen molar-refractivity contribution in [2.75, 3.05) is 19.5 Å². The summed E-state index contributed by atoms with van der Waals surface area (Å²) in [5.41, 5.74) is -0.441. The number of para-hydroxylation sites is 1. The molecule has 0 saturated carbocycles. The van der Waals surface area contributed by atoms with E-state index in [4.69, 9.17) is 0 Å². The maximum Gasteiger partial charge on any atom is 0.340 e. The van der Waals surface area contributed by atoms with Crippen molar-refractivity contribution in [3.8, 4) is 0 Å². The molecule has 0 heterocycles. The molecule has 1 atom stereocenters. The van der Waals surface area contributed by atoms with Crippen molar-refractivity contribution in [1.29, 1.82) is 0 Å². The van der Waals surface area contributed by atoms with E-state index < -0.39 is 22.9 Å². The predicted molar refractivity (Wildman–Crippen MR) is 69.5 cm³/mol. The van der Waals surface area contributed by atoms with Gasteiger partial charge in [0.25, 0.3) is 5.69 Å². The van der Waals surface area contributed by atoms with Crippen molar-refractivity contribution in [2.24, 2.45) is 0 Å². The molecule has 0 aliphatic carbocycles. The molecule has 0 saturated heterocycles. The summed E-state index contributed by atoms with van der Waals surface area (Å²) < 4.78 is 9.09. The van der Waals surface area contributed by atoms with Crippen LogP contribution in [0.4, 0.5) is 11.4 Å². The number of hydrogen-bond donors (Lipinski definition) is 1. The zero-order valence-electron chi connectivity index (χ0n) is 11.2. The number of carbonyl (C=O) groups excluding carboxylic acids is 2. The first-order valence-electron chi connectivity index (χ1n) is 5.62. The van der Waals surface area contributed by atoms with Crippen molar-refractivity contribution in [1.82, 2.24) is 0 Å². The second-order valence-corrected chi connectivity index (χ2v) is 3.84. The molecule has 0 amide bonds. The van der Waals surface area contributed by atoms with E-state index in [-0.39, 0.29) is 16.9 Å². The Balaban J connectivity index is 3.28. The van der Waals surface area contributed by atoms with Gasteiger partial charge in [0.15, 0.2) is 0 Å². The summed E-state index contributed by atoms with van der Waals surface area (Å²) in [7, 11) is 2.36. The fourth-order valence-corrected chi connectivity index (χ4v) is 1.58. The van der Waals surface area contributed by atoms with Crippen LogP contribution in [0.15, 0.2) is 18.2 Å². The number of nitro groups is 1. The quantitative estimate of drug-likeness (QED) is 0.493. The number of anilines is 1. The second-order valence-electron chi connectivity index (χ2n) is 3.84. The van der Waals surface area contributed by atoms with E-state index in [0.717, 1.165) is 7.11 Å². The maximum atomic E-state index is 11.6. The van der Waals surface area contributed by atoms with Gasteiger partial charge in [-0.05, 0) is 13.0 Å². The SMILES string of the molecule is COC(=O)c1cccc([N+](=O)[O-])c1N[C@@H](C)C(=O)OC. The first kappa shape index (κ1) is 15.4. The van der Waals surface area contributed by atoms with E-state index in [2.05, 4.69) is 14.8 Å². The number of hydrogen-bond acceptors (Lipinski definition) is 7. The highest BCUT2D eigenvalue weighted by atomic mass is 16.6. The van der Waals surface area contributed by atoms with Gasteiger partial charge in [-0.3, -0.25) is 10.1 Å². The largest absolute Gasteiger partial charge is 0.467 e.